The molecule has 100 valence electrons. The van der Waals surface area contributed by atoms with E-state index in [0.717, 1.165) is 25.7 Å². The van der Waals surface area contributed by atoms with Crippen LogP contribution in [-0.2, 0) is 19.3 Å². The lowest BCUT2D eigenvalue weighted by Crippen LogP contribution is -2.32. The minimum absolute atomic E-state index is 0.0382. The maximum absolute atomic E-state index is 11.8. The second kappa shape index (κ2) is 5.65. The van der Waals surface area contributed by atoms with Crippen molar-refractivity contribution >= 4 is 9.84 Å². The molecule has 2 saturated heterocycles. The smallest absolute Gasteiger partial charge is 0.159 e. The lowest BCUT2D eigenvalue weighted by molar-refractivity contribution is -0.0632. The number of nitrogens with two attached hydrogens (primary N) is 1. The summed E-state index contributed by atoms with van der Waals surface area (Å²) in [7, 11) is -2.93. The minimum Gasteiger partial charge on any atom is -0.350 e. The van der Waals surface area contributed by atoms with Gasteiger partial charge in [0.05, 0.1) is 23.7 Å². The molecular formula is C11H21NO4S. The van der Waals surface area contributed by atoms with Gasteiger partial charge >= 0.3 is 0 Å². The zero-order chi connectivity index (χ0) is 12.3. The normalized spacial score (nSPS) is 37.1. The van der Waals surface area contributed by atoms with Crippen LogP contribution in [0.1, 0.15) is 32.1 Å². The standard InChI is InChI=1S/C11H21NO4S/c12-5-4-9-8-15-11(16-9)7-10-3-1-2-6-17(10,13)14/h9-11H,1-8,12H2. The molecule has 2 fully saturated rings. The summed E-state index contributed by atoms with van der Waals surface area (Å²) in [6.45, 7) is 1.11. The Kier molecular flexibility index (Phi) is 4.41. The van der Waals surface area contributed by atoms with Gasteiger partial charge in [-0.3, -0.25) is 0 Å². The topological polar surface area (TPSA) is 78.6 Å². The zero-order valence-corrected chi connectivity index (χ0v) is 10.8. The third kappa shape index (κ3) is 3.40. The van der Waals surface area contributed by atoms with Crippen LogP contribution in [0.2, 0.25) is 0 Å². The summed E-state index contributed by atoms with van der Waals surface area (Å²) in [6, 6.07) is 0. The molecule has 2 rings (SSSR count). The van der Waals surface area contributed by atoms with Gasteiger partial charge in [-0.05, 0) is 25.8 Å². The predicted molar refractivity (Wildman–Crippen MR) is 64.3 cm³/mol. The molecule has 2 heterocycles. The van der Waals surface area contributed by atoms with Crippen molar-refractivity contribution in [3.05, 3.63) is 0 Å². The van der Waals surface area contributed by atoms with E-state index in [1.165, 1.54) is 0 Å². The number of hydrogen-bond acceptors (Lipinski definition) is 5. The Morgan fingerprint density at radius 1 is 1.29 bits per heavy atom. The summed E-state index contributed by atoms with van der Waals surface area (Å²) in [5, 5.41) is -0.280. The van der Waals surface area contributed by atoms with Gasteiger partial charge in [-0.25, -0.2) is 8.42 Å². The van der Waals surface area contributed by atoms with E-state index in [1.54, 1.807) is 0 Å². The van der Waals surface area contributed by atoms with E-state index in [2.05, 4.69) is 0 Å². The van der Waals surface area contributed by atoms with Crippen molar-refractivity contribution in [3.63, 3.8) is 0 Å². The van der Waals surface area contributed by atoms with E-state index in [1.807, 2.05) is 0 Å². The van der Waals surface area contributed by atoms with Crippen molar-refractivity contribution < 1.29 is 17.9 Å². The molecule has 6 heteroatoms. The highest BCUT2D eigenvalue weighted by molar-refractivity contribution is 7.92. The van der Waals surface area contributed by atoms with Crippen LogP contribution in [0.15, 0.2) is 0 Å². The first-order valence-electron chi connectivity index (χ1n) is 6.30. The summed E-state index contributed by atoms with van der Waals surface area (Å²) in [5.41, 5.74) is 5.45. The van der Waals surface area contributed by atoms with Crippen LogP contribution >= 0.6 is 0 Å². The zero-order valence-electron chi connectivity index (χ0n) is 10.0. The maximum atomic E-state index is 11.8. The number of sulfone groups is 1. The van der Waals surface area contributed by atoms with Crippen molar-refractivity contribution in [3.8, 4) is 0 Å². The fourth-order valence-corrected chi connectivity index (χ4v) is 4.39. The van der Waals surface area contributed by atoms with E-state index < -0.39 is 9.84 Å². The quantitative estimate of drug-likeness (QED) is 0.796. The first kappa shape index (κ1) is 13.3. The molecule has 0 aromatic rings. The van der Waals surface area contributed by atoms with Crippen molar-refractivity contribution in [2.45, 2.75) is 49.7 Å². The maximum Gasteiger partial charge on any atom is 0.159 e. The molecule has 0 radical (unpaired) electrons. The molecule has 17 heavy (non-hydrogen) atoms. The molecule has 0 aliphatic carbocycles. The fourth-order valence-electron chi connectivity index (χ4n) is 2.47. The van der Waals surface area contributed by atoms with Gasteiger partial charge in [0, 0.05) is 6.42 Å². The van der Waals surface area contributed by atoms with Crippen LogP contribution in [0, 0.1) is 0 Å². The highest BCUT2D eigenvalue weighted by Crippen LogP contribution is 2.27. The second-order valence-electron chi connectivity index (χ2n) is 4.82. The van der Waals surface area contributed by atoms with E-state index in [9.17, 15) is 8.42 Å². The number of ether oxygens (including phenoxy) is 2. The van der Waals surface area contributed by atoms with Gasteiger partial charge < -0.3 is 15.2 Å². The predicted octanol–water partition coefficient (Wildman–Crippen LogP) is 0.434. The Balaban J connectivity index is 1.85. The molecule has 5 nitrogen and oxygen atoms in total. The average molecular weight is 263 g/mol. The molecule has 0 saturated carbocycles. The number of rotatable bonds is 4. The van der Waals surface area contributed by atoms with E-state index in [0.29, 0.717) is 25.3 Å². The van der Waals surface area contributed by atoms with Crippen LogP contribution in [-0.4, -0.2) is 45.0 Å². The second-order valence-corrected chi connectivity index (χ2v) is 7.22. The third-order valence-electron chi connectivity index (χ3n) is 3.47. The fraction of sp³-hybridized carbons (Fsp3) is 1.00. The Bertz CT molecular complexity index is 343. The van der Waals surface area contributed by atoms with Gasteiger partial charge in [0.15, 0.2) is 16.1 Å². The minimum atomic E-state index is -2.93. The van der Waals surface area contributed by atoms with E-state index in [-0.39, 0.29) is 17.6 Å². The molecule has 0 aromatic heterocycles. The van der Waals surface area contributed by atoms with Crippen LogP contribution in [0.4, 0.5) is 0 Å². The highest BCUT2D eigenvalue weighted by atomic mass is 32.2. The molecular weight excluding hydrogens is 242 g/mol. The molecule has 2 aliphatic heterocycles. The van der Waals surface area contributed by atoms with Gasteiger partial charge in [-0.1, -0.05) is 6.42 Å². The molecule has 0 bridgehead atoms. The van der Waals surface area contributed by atoms with Gasteiger partial charge in [0.2, 0.25) is 0 Å². The molecule has 2 N–H and O–H groups in total. The van der Waals surface area contributed by atoms with Crippen LogP contribution in [0.3, 0.4) is 0 Å². The summed E-state index contributed by atoms with van der Waals surface area (Å²) < 4.78 is 34.8. The lowest BCUT2D eigenvalue weighted by atomic mass is 10.1. The average Bonchev–Trinajstić information content (AvgIpc) is 2.70. The highest BCUT2D eigenvalue weighted by Gasteiger charge is 2.34. The Labute approximate surface area is 103 Å². The molecule has 3 atom stereocenters. The van der Waals surface area contributed by atoms with E-state index in [4.69, 9.17) is 15.2 Å². The van der Waals surface area contributed by atoms with Crippen LogP contribution < -0.4 is 5.73 Å². The molecule has 0 amide bonds. The first-order valence-corrected chi connectivity index (χ1v) is 8.02. The molecule has 2 aliphatic rings. The Morgan fingerprint density at radius 3 is 2.82 bits per heavy atom. The van der Waals surface area contributed by atoms with E-state index >= 15 is 0 Å². The monoisotopic (exact) mass is 263 g/mol. The number of hydrogen-bond donors (Lipinski definition) is 1. The summed E-state index contributed by atoms with van der Waals surface area (Å²) in [4.78, 5) is 0. The molecule has 0 spiro atoms. The molecule has 0 aromatic carbocycles. The van der Waals surface area contributed by atoms with Crippen molar-refractivity contribution in [2.75, 3.05) is 18.9 Å². The van der Waals surface area contributed by atoms with Gasteiger partial charge in [-0.15, -0.1) is 0 Å². The largest absolute Gasteiger partial charge is 0.350 e. The summed E-state index contributed by atoms with van der Waals surface area (Å²) >= 11 is 0. The third-order valence-corrected chi connectivity index (χ3v) is 5.77. The van der Waals surface area contributed by atoms with Gasteiger partial charge in [-0.2, -0.15) is 0 Å². The SMILES string of the molecule is NCCC1COC(CC2CCCCS2(=O)=O)O1. The summed E-state index contributed by atoms with van der Waals surface area (Å²) in [6.07, 6.45) is 3.45. The first-order chi connectivity index (χ1) is 8.12. The summed E-state index contributed by atoms with van der Waals surface area (Å²) in [5.74, 6) is 0.316. The van der Waals surface area contributed by atoms with Gasteiger partial charge in [0.25, 0.3) is 0 Å². The van der Waals surface area contributed by atoms with Crippen LogP contribution in [0.5, 0.6) is 0 Å². The van der Waals surface area contributed by atoms with Crippen LogP contribution in [0.25, 0.3) is 0 Å². The Morgan fingerprint density at radius 2 is 2.12 bits per heavy atom. The van der Waals surface area contributed by atoms with Crippen molar-refractivity contribution in [2.24, 2.45) is 5.73 Å². The van der Waals surface area contributed by atoms with Crippen molar-refractivity contribution in [1.29, 1.82) is 0 Å². The molecule has 3 unspecified atom stereocenters. The Hall–Kier alpha value is -0.170. The van der Waals surface area contributed by atoms with Gasteiger partial charge in [0.1, 0.15) is 0 Å². The van der Waals surface area contributed by atoms with Crippen molar-refractivity contribution in [1.82, 2.24) is 0 Å². The lowest BCUT2D eigenvalue weighted by Gasteiger charge is -2.24.